The van der Waals surface area contributed by atoms with Gasteiger partial charge >= 0.3 is 0 Å². The normalized spacial score (nSPS) is 11.7. The minimum atomic E-state index is 0.606. The number of thiazole rings is 1. The molecule has 0 spiro atoms. The van der Waals surface area contributed by atoms with Crippen molar-refractivity contribution in [2.75, 3.05) is 6.54 Å². The van der Waals surface area contributed by atoms with Gasteiger partial charge in [0.05, 0.1) is 18.6 Å². The maximum atomic E-state index is 4.70. The third kappa shape index (κ3) is 4.08. The summed E-state index contributed by atoms with van der Waals surface area (Å²) in [5, 5.41) is 8.83. The maximum absolute atomic E-state index is 4.70. The number of aromatic nitrogens is 2. The Hall–Kier alpha value is -2.47. The summed E-state index contributed by atoms with van der Waals surface area (Å²) in [7, 11) is 0. The van der Waals surface area contributed by atoms with Gasteiger partial charge in [0.25, 0.3) is 0 Å². The van der Waals surface area contributed by atoms with Crippen molar-refractivity contribution in [2.45, 2.75) is 26.9 Å². The summed E-state index contributed by atoms with van der Waals surface area (Å²) in [6, 6.07) is 10.2. The average Bonchev–Trinajstić information content (AvgIpc) is 3.03. The van der Waals surface area contributed by atoms with Crippen molar-refractivity contribution in [2.24, 2.45) is 4.99 Å². The summed E-state index contributed by atoms with van der Waals surface area (Å²) < 4.78 is 0. The summed E-state index contributed by atoms with van der Waals surface area (Å²) in [6.45, 7) is 6.23. The fourth-order valence-electron chi connectivity index (χ4n) is 2.44. The first-order chi connectivity index (χ1) is 11.8. The number of nitrogens with one attached hydrogen (secondary N) is 2. The first-order valence-corrected chi connectivity index (χ1v) is 8.84. The number of para-hydroxylation sites is 1. The van der Waals surface area contributed by atoms with Crippen molar-refractivity contribution in [1.82, 2.24) is 20.6 Å². The lowest BCUT2D eigenvalue weighted by atomic mass is 10.1. The van der Waals surface area contributed by atoms with Gasteiger partial charge in [-0.15, -0.1) is 11.3 Å². The smallest absolute Gasteiger partial charge is 0.191 e. The van der Waals surface area contributed by atoms with Gasteiger partial charge in [-0.25, -0.2) is 9.98 Å². The highest BCUT2D eigenvalue weighted by Crippen LogP contribution is 2.16. The van der Waals surface area contributed by atoms with Crippen LogP contribution < -0.4 is 10.6 Å². The van der Waals surface area contributed by atoms with E-state index in [0.29, 0.717) is 13.1 Å². The van der Waals surface area contributed by atoms with E-state index in [1.54, 1.807) is 11.3 Å². The summed E-state index contributed by atoms with van der Waals surface area (Å²) in [5.41, 5.74) is 2.17. The van der Waals surface area contributed by atoms with E-state index >= 15 is 0 Å². The molecule has 124 valence electrons. The van der Waals surface area contributed by atoms with E-state index < -0.39 is 0 Å². The number of rotatable bonds is 5. The third-order valence-electron chi connectivity index (χ3n) is 3.57. The van der Waals surface area contributed by atoms with E-state index in [2.05, 4.69) is 40.5 Å². The van der Waals surface area contributed by atoms with Gasteiger partial charge in [0.2, 0.25) is 0 Å². The molecule has 2 N–H and O–H groups in total. The predicted molar refractivity (Wildman–Crippen MR) is 100 cm³/mol. The highest BCUT2D eigenvalue weighted by atomic mass is 32.1. The van der Waals surface area contributed by atoms with Crippen LogP contribution in [0.4, 0.5) is 0 Å². The number of nitrogens with zero attached hydrogens (tertiary/aromatic N) is 3. The van der Waals surface area contributed by atoms with Crippen LogP contribution in [0.5, 0.6) is 0 Å². The predicted octanol–water partition coefficient (Wildman–Crippen LogP) is 3.26. The average molecular weight is 339 g/mol. The molecule has 0 unspecified atom stereocenters. The van der Waals surface area contributed by atoms with Gasteiger partial charge in [-0.2, -0.15) is 0 Å². The minimum absolute atomic E-state index is 0.606. The molecule has 24 heavy (non-hydrogen) atoms. The second-order valence-corrected chi connectivity index (χ2v) is 6.72. The zero-order valence-electron chi connectivity index (χ0n) is 13.9. The quantitative estimate of drug-likeness (QED) is 0.553. The van der Waals surface area contributed by atoms with Crippen molar-refractivity contribution in [3.63, 3.8) is 0 Å². The molecule has 1 aromatic carbocycles. The Balaban J connectivity index is 1.72. The molecular weight excluding hydrogens is 318 g/mol. The number of guanidine groups is 1. The van der Waals surface area contributed by atoms with Crippen LogP contribution in [0.15, 0.2) is 47.7 Å². The number of hydrogen-bond acceptors (Lipinski definition) is 4. The van der Waals surface area contributed by atoms with Crippen molar-refractivity contribution in [3.8, 4) is 0 Å². The van der Waals surface area contributed by atoms with Crippen molar-refractivity contribution in [3.05, 3.63) is 58.2 Å². The van der Waals surface area contributed by atoms with Gasteiger partial charge in [-0.3, -0.25) is 4.98 Å². The third-order valence-corrected chi connectivity index (χ3v) is 4.48. The molecule has 0 saturated heterocycles. The van der Waals surface area contributed by atoms with E-state index in [0.717, 1.165) is 28.4 Å². The zero-order chi connectivity index (χ0) is 16.8. The topological polar surface area (TPSA) is 62.2 Å². The number of aryl methyl sites for hydroxylation is 1. The van der Waals surface area contributed by atoms with Crippen LogP contribution in [-0.4, -0.2) is 22.5 Å². The molecule has 5 nitrogen and oxygen atoms in total. The van der Waals surface area contributed by atoms with Gasteiger partial charge in [0.15, 0.2) is 5.96 Å². The number of fused-ring (bicyclic) bond motifs is 1. The first kappa shape index (κ1) is 16.4. The fourth-order valence-corrected chi connectivity index (χ4v) is 3.17. The second-order valence-electron chi connectivity index (χ2n) is 5.40. The van der Waals surface area contributed by atoms with Crippen LogP contribution in [-0.2, 0) is 13.1 Å². The highest BCUT2D eigenvalue weighted by Gasteiger charge is 2.04. The molecular formula is C18H21N5S. The fraction of sp³-hybridized carbons (Fsp3) is 0.278. The molecule has 0 amide bonds. The molecule has 0 fully saturated rings. The maximum Gasteiger partial charge on any atom is 0.191 e. The lowest BCUT2D eigenvalue weighted by Crippen LogP contribution is -2.36. The molecule has 2 aromatic heterocycles. The highest BCUT2D eigenvalue weighted by molar-refractivity contribution is 7.11. The molecule has 0 saturated carbocycles. The van der Waals surface area contributed by atoms with E-state index in [1.807, 2.05) is 36.7 Å². The van der Waals surface area contributed by atoms with Gasteiger partial charge in [-0.05, 0) is 31.5 Å². The van der Waals surface area contributed by atoms with Gasteiger partial charge < -0.3 is 10.6 Å². The molecule has 0 radical (unpaired) electrons. The Labute approximate surface area is 145 Å². The van der Waals surface area contributed by atoms with E-state index in [-0.39, 0.29) is 0 Å². The number of pyridine rings is 1. The van der Waals surface area contributed by atoms with Gasteiger partial charge in [0, 0.05) is 29.2 Å². The lowest BCUT2D eigenvalue weighted by Gasteiger charge is -2.10. The summed E-state index contributed by atoms with van der Waals surface area (Å²) in [6.07, 6.45) is 3.74. The summed E-state index contributed by atoms with van der Waals surface area (Å²) >= 11 is 1.70. The number of benzene rings is 1. The van der Waals surface area contributed by atoms with E-state index in [4.69, 9.17) is 4.99 Å². The monoisotopic (exact) mass is 339 g/mol. The van der Waals surface area contributed by atoms with E-state index in [1.165, 1.54) is 10.4 Å². The van der Waals surface area contributed by atoms with Crippen LogP contribution in [0, 0.1) is 6.92 Å². The van der Waals surface area contributed by atoms with Crippen molar-refractivity contribution < 1.29 is 0 Å². The molecule has 6 heteroatoms. The number of aliphatic imine (C=N–C) groups is 1. The minimum Gasteiger partial charge on any atom is -0.357 e. The first-order valence-electron chi connectivity index (χ1n) is 8.02. The van der Waals surface area contributed by atoms with Crippen LogP contribution in [0.25, 0.3) is 10.9 Å². The Morgan fingerprint density at radius 1 is 1.17 bits per heavy atom. The van der Waals surface area contributed by atoms with Crippen LogP contribution >= 0.6 is 11.3 Å². The van der Waals surface area contributed by atoms with Gasteiger partial charge in [-0.1, -0.05) is 18.2 Å². The van der Waals surface area contributed by atoms with Crippen molar-refractivity contribution in [1.29, 1.82) is 0 Å². The van der Waals surface area contributed by atoms with Crippen LogP contribution in [0.1, 0.15) is 22.4 Å². The Morgan fingerprint density at radius 2 is 2.04 bits per heavy atom. The Morgan fingerprint density at radius 3 is 2.83 bits per heavy atom. The zero-order valence-corrected chi connectivity index (χ0v) is 14.7. The SMILES string of the molecule is CCNC(=NCc1ccnc2ccccc12)NCc1ncc(C)s1. The molecule has 3 aromatic rings. The van der Waals surface area contributed by atoms with Crippen LogP contribution in [0.3, 0.4) is 0 Å². The largest absolute Gasteiger partial charge is 0.357 e. The molecule has 0 atom stereocenters. The molecule has 0 aliphatic rings. The van der Waals surface area contributed by atoms with E-state index in [9.17, 15) is 0 Å². The van der Waals surface area contributed by atoms with Gasteiger partial charge in [0.1, 0.15) is 5.01 Å². The van der Waals surface area contributed by atoms with Crippen LogP contribution in [0.2, 0.25) is 0 Å². The summed E-state index contributed by atoms with van der Waals surface area (Å²) in [5.74, 6) is 0.797. The Kier molecular flexibility index (Phi) is 5.38. The molecule has 2 heterocycles. The van der Waals surface area contributed by atoms with Crippen molar-refractivity contribution >= 4 is 28.2 Å². The Bertz CT molecular complexity index is 835. The summed E-state index contributed by atoms with van der Waals surface area (Å²) in [4.78, 5) is 14.7. The standard InChI is InChI=1S/C18H21N5S/c1-3-19-18(23-12-17-21-10-13(2)24-17)22-11-14-8-9-20-16-7-5-4-6-15(14)16/h4-10H,3,11-12H2,1-2H3,(H2,19,22,23). The lowest BCUT2D eigenvalue weighted by molar-refractivity contribution is 0.812. The molecule has 0 bridgehead atoms. The molecule has 0 aliphatic heterocycles. The molecule has 0 aliphatic carbocycles. The molecule has 3 rings (SSSR count). The second kappa shape index (κ2) is 7.88. The number of hydrogen-bond donors (Lipinski definition) is 2.